The number of rotatable bonds is 2. The number of carboxylic acids is 1. The van der Waals surface area contributed by atoms with Crippen LogP contribution >= 0.6 is 0 Å². The number of carboxylic acid groups (broad SMARTS) is 1. The van der Waals surface area contributed by atoms with Gasteiger partial charge in [-0.3, -0.25) is 0 Å². The summed E-state index contributed by atoms with van der Waals surface area (Å²) >= 11 is 0. The molecule has 3 nitrogen and oxygen atoms in total. The van der Waals surface area contributed by atoms with Crippen LogP contribution in [0.5, 0.6) is 0 Å². The van der Waals surface area contributed by atoms with Crippen molar-refractivity contribution < 1.29 is 14.3 Å². The first-order chi connectivity index (χ1) is 8.50. The molecule has 98 valence electrons. The Labute approximate surface area is 106 Å². The van der Waals surface area contributed by atoms with Crippen LogP contribution in [0.25, 0.3) is 0 Å². The van der Waals surface area contributed by atoms with Crippen molar-refractivity contribution in [3.05, 3.63) is 29.6 Å². The van der Waals surface area contributed by atoms with E-state index in [0.29, 0.717) is 11.6 Å². The van der Waals surface area contributed by atoms with Crippen LogP contribution in [0, 0.1) is 11.7 Å². The van der Waals surface area contributed by atoms with E-state index < -0.39 is 11.8 Å². The Bertz CT molecular complexity index is 461. The van der Waals surface area contributed by atoms with E-state index in [1.54, 1.807) is 6.07 Å². The molecule has 0 aromatic heterocycles. The van der Waals surface area contributed by atoms with E-state index >= 15 is 0 Å². The van der Waals surface area contributed by atoms with Crippen molar-refractivity contribution in [2.24, 2.45) is 5.92 Å². The molecule has 0 radical (unpaired) electrons. The first-order valence-corrected chi connectivity index (χ1v) is 6.30. The number of aromatic carboxylic acids is 1. The highest BCUT2D eigenvalue weighted by Crippen LogP contribution is 2.31. The van der Waals surface area contributed by atoms with Crippen LogP contribution in [0.3, 0.4) is 0 Å². The molecule has 1 fully saturated rings. The predicted molar refractivity (Wildman–Crippen MR) is 68.6 cm³/mol. The number of nitrogens with zero attached hydrogens (tertiary/aromatic N) is 1. The van der Waals surface area contributed by atoms with Gasteiger partial charge in [0.2, 0.25) is 0 Å². The molecule has 2 unspecified atom stereocenters. The summed E-state index contributed by atoms with van der Waals surface area (Å²) in [5.74, 6) is -1.06. The number of halogens is 1. The zero-order chi connectivity index (χ0) is 13.3. The van der Waals surface area contributed by atoms with Crippen molar-refractivity contribution >= 4 is 11.7 Å². The first-order valence-electron chi connectivity index (χ1n) is 6.30. The lowest BCUT2D eigenvalue weighted by atomic mass is 9.91. The zero-order valence-corrected chi connectivity index (χ0v) is 10.7. The summed E-state index contributed by atoms with van der Waals surface area (Å²) < 4.78 is 13.2. The minimum Gasteiger partial charge on any atom is -0.478 e. The number of piperidine rings is 1. The average Bonchev–Trinajstić information content (AvgIpc) is 2.33. The highest BCUT2D eigenvalue weighted by Gasteiger charge is 2.27. The van der Waals surface area contributed by atoms with E-state index in [4.69, 9.17) is 0 Å². The average molecular weight is 251 g/mol. The second-order valence-corrected chi connectivity index (χ2v) is 5.02. The summed E-state index contributed by atoms with van der Waals surface area (Å²) in [5, 5.41) is 9.18. The molecule has 2 atom stereocenters. The van der Waals surface area contributed by atoms with E-state index in [0.717, 1.165) is 25.5 Å². The second kappa shape index (κ2) is 4.96. The predicted octanol–water partition coefficient (Wildman–Crippen LogP) is 3.15. The fraction of sp³-hybridized carbons (Fsp3) is 0.500. The van der Waals surface area contributed by atoms with Gasteiger partial charge in [-0.15, -0.1) is 0 Å². The molecule has 0 amide bonds. The fourth-order valence-electron chi connectivity index (χ4n) is 2.61. The van der Waals surface area contributed by atoms with Crippen molar-refractivity contribution in [2.45, 2.75) is 32.7 Å². The fourth-order valence-corrected chi connectivity index (χ4v) is 2.61. The molecule has 0 bridgehead atoms. The molecule has 1 aliphatic heterocycles. The Morgan fingerprint density at radius 2 is 2.17 bits per heavy atom. The third kappa shape index (κ3) is 2.33. The van der Waals surface area contributed by atoms with Gasteiger partial charge in [0.25, 0.3) is 0 Å². The molecular weight excluding hydrogens is 233 g/mol. The number of hydrogen-bond acceptors (Lipinski definition) is 2. The normalized spacial score (nSPS) is 24.1. The number of benzene rings is 1. The van der Waals surface area contributed by atoms with Crippen LogP contribution < -0.4 is 4.90 Å². The summed E-state index contributed by atoms with van der Waals surface area (Å²) in [7, 11) is 0. The lowest BCUT2D eigenvalue weighted by Crippen LogP contribution is -2.43. The Morgan fingerprint density at radius 1 is 1.44 bits per heavy atom. The topological polar surface area (TPSA) is 40.5 Å². The smallest absolute Gasteiger partial charge is 0.337 e. The molecule has 1 aliphatic rings. The van der Waals surface area contributed by atoms with Crippen LogP contribution in [-0.2, 0) is 0 Å². The third-order valence-electron chi connectivity index (χ3n) is 3.87. The van der Waals surface area contributed by atoms with Crippen molar-refractivity contribution in [1.29, 1.82) is 0 Å². The quantitative estimate of drug-likeness (QED) is 0.877. The van der Waals surface area contributed by atoms with Gasteiger partial charge in [-0.2, -0.15) is 0 Å². The summed E-state index contributed by atoms with van der Waals surface area (Å²) in [6, 6.07) is 4.28. The summed E-state index contributed by atoms with van der Waals surface area (Å²) in [6.07, 6.45) is 2.20. The molecule has 1 saturated heterocycles. The lowest BCUT2D eigenvalue weighted by molar-refractivity contribution is 0.0696. The van der Waals surface area contributed by atoms with Gasteiger partial charge in [0.15, 0.2) is 0 Å². The van der Waals surface area contributed by atoms with Gasteiger partial charge >= 0.3 is 5.97 Å². The molecular formula is C14H18FNO2. The second-order valence-electron chi connectivity index (χ2n) is 5.02. The molecule has 0 spiro atoms. The molecule has 1 aromatic rings. The summed E-state index contributed by atoms with van der Waals surface area (Å²) in [5.41, 5.74) is 0.680. The maximum atomic E-state index is 13.2. The van der Waals surface area contributed by atoms with Gasteiger partial charge in [0.05, 0.1) is 11.3 Å². The SMILES string of the molecule is CC1CCCN(c2ccc(F)cc2C(=O)O)C1C. The summed E-state index contributed by atoms with van der Waals surface area (Å²) in [6.45, 7) is 5.09. The van der Waals surface area contributed by atoms with E-state index in [9.17, 15) is 14.3 Å². The minimum absolute atomic E-state index is 0.0518. The summed E-state index contributed by atoms with van der Waals surface area (Å²) in [4.78, 5) is 13.3. The monoisotopic (exact) mass is 251 g/mol. The Balaban J connectivity index is 2.40. The van der Waals surface area contributed by atoms with Gasteiger partial charge in [0.1, 0.15) is 5.82 Å². The maximum absolute atomic E-state index is 13.2. The van der Waals surface area contributed by atoms with E-state index in [-0.39, 0.29) is 11.6 Å². The Morgan fingerprint density at radius 3 is 2.83 bits per heavy atom. The van der Waals surface area contributed by atoms with Crippen molar-refractivity contribution in [2.75, 3.05) is 11.4 Å². The van der Waals surface area contributed by atoms with Crippen LogP contribution in [0.2, 0.25) is 0 Å². The Hall–Kier alpha value is -1.58. The van der Waals surface area contributed by atoms with Crippen LogP contribution in [0.15, 0.2) is 18.2 Å². The van der Waals surface area contributed by atoms with Crippen molar-refractivity contribution in [1.82, 2.24) is 0 Å². The van der Waals surface area contributed by atoms with Crippen molar-refractivity contribution in [3.63, 3.8) is 0 Å². The minimum atomic E-state index is -1.07. The maximum Gasteiger partial charge on any atom is 0.337 e. The molecule has 4 heteroatoms. The van der Waals surface area contributed by atoms with E-state index in [2.05, 4.69) is 18.7 Å². The highest BCUT2D eigenvalue weighted by molar-refractivity contribution is 5.94. The molecule has 1 heterocycles. The molecule has 1 N–H and O–H groups in total. The third-order valence-corrected chi connectivity index (χ3v) is 3.87. The van der Waals surface area contributed by atoms with Gasteiger partial charge in [-0.25, -0.2) is 9.18 Å². The molecule has 1 aromatic carbocycles. The lowest BCUT2D eigenvalue weighted by Gasteiger charge is -2.40. The first kappa shape index (κ1) is 12.9. The zero-order valence-electron chi connectivity index (χ0n) is 10.7. The van der Waals surface area contributed by atoms with Gasteiger partial charge < -0.3 is 10.0 Å². The largest absolute Gasteiger partial charge is 0.478 e. The van der Waals surface area contributed by atoms with Crippen LogP contribution in [-0.4, -0.2) is 23.7 Å². The number of anilines is 1. The van der Waals surface area contributed by atoms with Gasteiger partial charge in [-0.05, 0) is 43.9 Å². The number of carbonyl (C=O) groups is 1. The highest BCUT2D eigenvalue weighted by atomic mass is 19.1. The van der Waals surface area contributed by atoms with Crippen LogP contribution in [0.4, 0.5) is 10.1 Å². The van der Waals surface area contributed by atoms with Gasteiger partial charge in [-0.1, -0.05) is 6.92 Å². The van der Waals surface area contributed by atoms with E-state index in [1.807, 2.05) is 0 Å². The number of hydrogen-bond donors (Lipinski definition) is 1. The standard InChI is InChI=1S/C14H18FNO2/c1-9-4-3-7-16(10(9)2)13-6-5-11(15)8-12(13)14(17)18/h5-6,8-10H,3-4,7H2,1-2H3,(H,17,18). The Kier molecular flexibility index (Phi) is 3.55. The molecule has 2 rings (SSSR count). The molecule has 18 heavy (non-hydrogen) atoms. The van der Waals surface area contributed by atoms with Crippen molar-refractivity contribution in [3.8, 4) is 0 Å². The molecule has 0 saturated carbocycles. The van der Waals surface area contributed by atoms with E-state index in [1.165, 1.54) is 6.07 Å². The van der Waals surface area contributed by atoms with Gasteiger partial charge in [0, 0.05) is 12.6 Å². The molecule has 0 aliphatic carbocycles. The van der Waals surface area contributed by atoms with Crippen LogP contribution in [0.1, 0.15) is 37.0 Å².